The van der Waals surface area contributed by atoms with Crippen molar-refractivity contribution in [3.8, 4) is 5.75 Å². The molecule has 0 spiro atoms. The van der Waals surface area contributed by atoms with Gasteiger partial charge in [0.2, 0.25) is 0 Å². The van der Waals surface area contributed by atoms with Crippen LogP contribution in [0.1, 0.15) is 20.8 Å². The number of benzene rings is 1. The van der Waals surface area contributed by atoms with Crippen LogP contribution in [0.2, 0.25) is 0 Å². The van der Waals surface area contributed by atoms with Gasteiger partial charge in [0.05, 0.1) is 0 Å². The van der Waals surface area contributed by atoms with Crippen LogP contribution in [0.4, 0.5) is 14.5 Å². The van der Waals surface area contributed by atoms with Gasteiger partial charge in [-0.3, -0.25) is 0 Å². The van der Waals surface area contributed by atoms with Crippen molar-refractivity contribution in [2.45, 2.75) is 32.1 Å². The first kappa shape index (κ1) is 15.1. The number of alkyl halides is 2. The molecule has 0 aliphatic heterocycles. The number of hydrogen-bond acceptors (Lipinski definition) is 3. The Labute approximate surface area is 111 Å². The fourth-order valence-electron chi connectivity index (χ4n) is 1.31. The van der Waals surface area contributed by atoms with E-state index >= 15 is 0 Å². The molecule has 0 unspecified atom stereocenters. The minimum absolute atomic E-state index is 0.180. The number of rotatable bonds is 6. The fraction of sp³-hybridized carbons (Fsp3) is 0.538. The van der Waals surface area contributed by atoms with Gasteiger partial charge in [-0.15, -0.1) is 0 Å². The molecule has 0 fully saturated rings. The van der Waals surface area contributed by atoms with Crippen LogP contribution in [0.25, 0.3) is 0 Å². The summed E-state index contributed by atoms with van der Waals surface area (Å²) in [6.07, 6.45) is 0. The summed E-state index contributed by atoms with van der Waals surface area (Å²) in [6, 6.07) is 6.54. The molecular weight excluding hydrogens is 256 g/mol. The first-order valence-corrected chi connectivity index (χ1v) is 6.78. The third kappa shape index (κ3) is 6.69. The van der Waals surface area contributed by atoms with Crippen LogP contribution in [-0.4, -0.2) is 23.7 Å². The van der Waals surface area contributed by atoms with Crippen molar-refractivity contribution in [1.29, 1.82) is 0 Å². The number of anilines is 1. The van der Waals surface area contributed by atoms with Crippen molar-refractivity contribution in [1.82, 2.24) is 0 Å². The number of halogens is 2. The van der Waals surface area contributed by atoms with Gasteiger partial charge >= 0.3 is 6.61 Å². The number of ether oxygens (including phenoxy) is 1. The van der Waals surface area contributed by atoms with E-state index in [0.29, 0.717) is 0 Å². The Balaban J connectivity index is 2.31. The standard InChI is InChI=1S/C13H19F2NOS/c1-13(2,3)18-9-8-16-10-4-6-11(7-5-10)17-12(14)15/h4-7,12,16H,8-9H2,1-3H3. The van der Waals surface area contributed by atoms with E-state index in [4.69, 9.17) is 0 Å². The predicted molar refractivity (Wildman–Crippen MR) is 73.8 cm³/mol. The molecule has 102 valence electrons. The monoisotopic (exact) mass is 275 g/mol. The number of thioether (sulfide) groups is 1. The topological polar surface area (TPSA) is 21.3 Å². The van der Waals surface area contributed by atoms with E-state index in [9.17, 15) is 8.78 Å². The van der Waals surface area contributed by atoms with E-state index in [0.717, 1.165) is 18.0 Å². The number of nitrogens with one attached hydrogen (secondary N) is 1. The lowest BCUT2D eigenvalue weighted by Gasteiger charge is -2.17. The summed E-state index contributed by atoms with van der Waals surface area (Å²) < 4.78 is 28.4. The fourth-order valence-corrected chi connectivity index (χ4v) is 2.12. The third-order valence-electron chi connectivity index (χ3n) is 2.05. The molecule has 5 heteroatoms. The highest BCUT2D eigenvalue weighted by atomic mass is 32.2. The molecule has 18 heavy (non-hydrogen) atoms. The van der Waals surface area contributed by atoms with Crippen LogP contribution >= 0.6 is 11.8 Å². The van der Waals surface area contributed by atoms with Gasteiger partial charge in [0, 0.05) is 22.7 Å². The smallest absolute Gasteiger partial charge is 0.387 e. The van der Waals surface area contributed by atoms with Gasteiger partial charge in [-0.2, -0.15) is 20.5 Å². The Morgan fingerprint density at radius 1 is 1.22 bits per heavy atom. The molecule has 0 heterocycles. The Morgan fingerprint density at radius 3 is 2.33 bits per heavy atom. The summed E-state index contributed by atoms with van der Waals surface area (Å²) >= 11 is 1.88. The summed E-state index contributed by atoms with van der Waals surface area (Å²) in [5, 5.41) is 3.23. The Hall–Kier alpha value is -0.970. The molecule has 0 bridgehead atoms. The van der Waals surface area contributed by atoms with E-state index in [1.54, 1.807) is 12.1 Å². The van der Waals surface area contributed by atoms with Gasteiger partial charge in [-0.1, -0.05) is 20.8 Å². The Bertz CT molecular complexity index is 349. The van der Waals surface area contributed by atoms with Crippen molar-refractivity contribution >= 4 is 17.4 Å². The first-order chi connectivity index (χ1) is 8.37. The molecule has 0 aliphatic carbocycles. The van der Waals surface area contributed by atoms with Crippen LogP contribution in [0.5, 0.6) is 5.75 Å². The van der Waals surface area contributed by atoms with Gasteiger partial charge in [-0.25, -0.2) is 0 Å². The zero-order chi connectivity index (χ0) is 13.6. The third-order valence-corrected chi connectivity index (χ3v) is 3.32. The van der Waals surface area contributed by atoms with Crippen LogP contribution in [0, 0.1) is 0 Å². The van der Waals surface area contributed by atoms with Gasteiger partial charge in [0.15, 0.2) is 0 Å². The zero-order valence-electron chi connectivity index (χ0n) is 10.9. The van der Waals surface area contributed by atoms with Gasteiger partial charge in [0.25, 0.3) is 0 Å². The summed E-state index contributed by atoms with van der Waals surface area (Å²) in [6.45, 7) is 4.60. The second kappa shape index (κ2) is 6.83. The average Bonchev–Trinajstić information content (AvgIpc) is 2.24. The summed E-state index contributed by atoms with van der Waals surface area (Å²) in [4.78, 5) is 0. The molecule has 1 N–H and O–H groups in total. The molecule has 0 atom stereocenters. The second-order valence-corrected chi connectivity index (χ2v) is 6.71. The van der Waals surface area contributed by atoms with Crippen LogP contribution in [0.15, 0.2) is 24.3 Å². The van der Waals surface area contributed by atoms with Crippen molar-refractivity contribution in [2.24, 2.45) is 0 Å². The molecule has 0 saturated heterocycles. The maximum Gasteiger partial charge on any atom is 0.387 e. The van der Waals surface area contributed by atoms with Crippen molar-refractivity contribution < 1.29 is 13.5 Å². The van der Waals surface area contributed by atoms with E-state index in [2.05, 4.69) is 30.8 Å². The van der Waals surface area contributed by atoms with Crippen molar-refractivity contribution in [2.75, 3.05) is 17.6 Å². The summed E-state index contributed by atoms with van der Waals surface area (Å²) in [5.41, 5.74) is 0.908. The molecule has 0 aliphatic rings. The second-order valence-electron chi connectivity index (χ2n) is 4.79. The molecule has 1 aromatic carbocycles. The average molecular weight is 275 g/mol. The van der Waals surface area contributed by atoms with Crippen LogP contribution in [-0.2, 0) is 0 Å². The Kier molecular flexibility index (Phi) is 5.72. The lowest BCUT2D eigenvalue weighted by molar-refractivity contribution is -0.0498. The van der Waals surface area contributed by atoms with Gasteiger partial charge < -0.3 is 10.1 Å². The maximum absolute atomic E-state index is 11.9. The minimum atomic E-state index is -2.77. The van der Waals surface area contributed by atoms with Crippen LogP contribution < -0.4 is 10.1 Å². The molecule has 1 rings (SSSR count). The van der Waals surface area contributed by atoms with Gasteiger partial charge in [-0.05, 0) is 24.3 Å². The Morgan fingerprint density at radius 2 is 1.83 bits per heavy atom. The molecule has 0 aromatic heterocycles. The predicted octanol–water partition coefficient (Wildman–Crippen LogP) is 4.23. The van der Waals surface area contributed by atoms with E-state index in [-0.39, 0.29) is 10.5 Å². The zero-order valence-corrected chi connectivity index (χ0v) is 11.7. The summed E-state index contributed by atoms with van der Waals surface area (Å²) in [7, 11) is 0. The highest BCUT2D eigenvalue weighted by molar-refractivity contribution is 8.00. The molecule has 1 aromatic rings. The van der Waals surface area contributed by atoms with Gasteiger partial charge in [0.1, 0.15) is 5.75 Å². The lowest BCUT2D eigenvalue weighted by Crippen LogP contribution is -2.12. The highest BCUT2D eigenvalue weighted by Crippen LogP contribution is 2.23. The van der Waals surface area contributed by atoms with E-state index in [1.165, 1.54) is 12.1 Å². The highest BCUT2D eigenvalue weighted by Gasteiger charge is 2.09. The molecule has 0 amide bonds. The quantitative estimate of drug-likeness (QED) is 0.785. The molecule has 0 saturated carbocycles. The van der Waals surface area contributed by atoms with Crippen molar-refractivity contribution in [3.63, 3.8) is 0 Å². The van der Waals surface area contributed by atoms with E-state index < -0.39 is 6.61 Å². The first-order valence-electron chi connectivity index (χ1n) is 5.79. The largest absolute Gasteiger partial charge is 0.435 e. The normalized spacial score (nSPS) is 11.7. The SMILES string of the molecule is CC(C)(C)SCCNc1ccc(OC(F)F)cc1. The maximum atomic E-state index is 11.9. The lowest BCUT2D eigenvalue weighted by atomic mass is 10.3. The molecular formula is C13H19F2NOS. The van der Waals surface area contributed by atoms with E-state index in [1.807, 2.05) is 11.8 Å². The summed E-state index contributed by atoms with van der Waals surface area (Å²) in [5.74, 6) is 1.18. The van der Waals surface area contributed by atoms with Crippen LogP contribution in [0.3, 0.4) is 0 Å². The van der Waals surface area contributed by atoms with Crippen molar-refractivity contribution in [3.05, 3.63) is 24.3 Å². The molecule has 2 nitrogen and oxygen atoms in total. The minimum Gasteiger partial charge on any atom is -0.435 e. The molecule has 0 radical (unpaired) electrons. The number of hydrogen-bond donors (Lipinski definition) is 1.